The van der Waals surface area contributed by atoms with Crippen LogP contribution in [0.25, 0.3) is 0 Å². The van der Waals surface area contributed by atoms with Gasteiger partial charge >= 0.3 is 5.97 Å². The lowest BCUT2D eigenvalue weighted by Gasteiger charge is -2.36. The number of rotatable bonds is 9. The highest BCUT2D eigenvalue weighted by molar-refractivity contribution is 5.66. The van der Waals surface area contributed by atoms with E-state index in [2.05, 4.69) is 55.1 Å². The van der Waals surface area contributed by atoms with Gasteiger partial charge < -0.3 is 4.74 Å². The summed E-state index contributed by atoms with van der Waals surface area (Å²) in [6, 6.07) is 10.6. The van der Waals surface area contributed by atoms with Gasteiger partial charge in [0.2, 0.25) is 0 Å². The van der Waals surface area contributed by atoms with Gasteiger partial charge in [-0.25, -0.2) is 9.67 Å². The molecular formula is C21H31N3O2. The molecule has 0 spiro atoms. The fourth-order valence-electron chi connectivity index (χ4n) is 3.33. The van der Waals surface area contributed by atoms with E-state index in [-0.39, 0.29) is 23.5 Å². The van der Waals surface area contributed by atoms with Gasteiger partial charge in [0.05, 0.1) is 6.04 Å². The largest absolute Gasteiger partial charge is 0.460 e. The van der Waals surface area contributed by atoms with Crippen molar-refractivity contribution in [3.8, 4) is 0 Å². The van der Waals surface area contributed by atoms with Gasteiger partial charge in [0.25, 0.3) is 0 Å². The van der Waals surface area contributed by atoms with Crippen molar-refractivity contribution >= 4 is 5.97 Å². The first kappa shape index (κ1) is 20.1. The lowest BCUT2D eigenvalue weighted by atomic mass is 9.82. The molecule has 1 aromatic carbocycles. The van der Waals surface area contributed by atoms with Crippen LogP contribution < -0.4 is 0 Å². The molecule has 0 fully saturated rings. The Morgan fingerprint density at radius 2 is 1.88 bits per heavy atom. The highest BCUT2D eigenvalue weighted by Crippen LogP contribution is 2.34. The van der Waals surface area contributed by atoms with E-state index in [0.717, 1.165) is 32.1 Å². The first-order chi connectivity index (χ1) is 12.4. The van der Waals surface area contributed by atoms with Crippen molar-refractivity contribution in [2.24, 2.45) is 5.41 Å². The average molecular weight is 357 g/mol. The molecule has 2 atom stereocenters. The molecule has 0 aliphatic carbocycles. The number of nitrogens with zero attached hydrogens (tertiary/aromatic N) is 3. The first-order valence-electron chi connectivity index (χ1n) is 9.43. The number of carbonyl (C=O) groups excluding carboxylic acids is 1. The molecule has 26 heavy (non-hydrogen) atoms. The monoisotopic (exact) mass is 357 g/mol. The second-order valence-electron chi connectivity index (χ2n) is 7.92. The minimum absolute atomic E-state index is 0.00174. The standard InChI is InChI=1S/C21H31N3O2/c1-17(25)26-20(21(2,3)4)19(24-16-22-15-23-24)14-10-6-9-13-18-11-7-5-8-12-18/h5,7-8,11-12,15-16,19-20H,6,9-10,13-14H2,1-4H3. The summed E-state index contributed by atoms with van der Waals surface area (Å²) < 4.78 is 7.54. The van der Waals surface area contributed by atoms with Crippen molar-refractivity contribution in [1.29, 1.82) is 0 Å². The minimum Gasteiger partial charge on any atom is -0.460 e. The van der Waals surface area contributed by atoms with Gasteiger partial charge in [-0.3, -0.25) is 4.79 Å². The van der Waals surface area contributed by atoms with Crippen LogP contribution in [-0.4, -0.2) is 26.8 Å². The quantitative estimate of drug-likeness (QED) is 0.486. The van der Waals surface area contributed by atoms with E-state index in [1.165, 1.54) is 18.8 Å². The molecule has 0 saturated carbocycles. The topological polar surface area (TPSA) is 57.0 Å². The average Bonchev–Trinajstić information content (AvgIpc) is 3.10. The molecule has 142 valence electrons. The van der Waals surface area contributed by atoms with Crippen LogP contribution >= 0.6 is 0 Å². The van der Waals surface area contributed by atoms with Crippen molar-refractivity contribution < 1.29 is 9.53 Å². The Labute approximate surface area is 156 Å². The summed E-state index contributed by atoms with van der Waals surface area (Å²) in [7, 11) is 0. The lowest BCUT2D eigenvalue weighted by molar-refractivity contribution is -0.156. The molecule has 0 N–H and O–H groups in total. The van der Waals surface area contributed by atoms with E-state index in [1.807, 2.05) is 10.7 Å². The van der Waals surface area contributed by atoms with E-state index >= 15 is 0 Å². The Morgan fingerprint density at radius 3 is 2.46 bits per heavy atom. The third-order valence-corrected chi connectivity index (χ3v) is 4.58. The summed E-state index contributed by atoms with van der Waals surface area (Å²) in [5.41, 5.74) is 1.21. The molecule has 2 aromatic rings. The Kier molecular flexibility index (Phi) is 7.37. The molecule has 5 heteroatoms. The Morgan fingerprint density at radius 1 is 1.15 bits per heavy atom. The maximum Gasteiger partial charge on any atom is 0.302 e. The normalized spacial score (nSPS) is 14.0. The molecule has 5 nitrogen and oxygen atoms in total. The molecule has 2 unspecified atom stereocenters. The van der Waals surface area contributed by atoms with Gasteiger partial charge in [0.1, 0.15) is 18.8 Å². The molecule has 2 rings (SSSR count). The predicted molar refractivity (Wildman–Crippen MR) is 103 cm³/mol. The van der Waals surface area contributed by atoms with Crippen molar-refractivity contribution in [2.45, 2.75) is 71.9 Å². The van der Waals surface area contributed by atoms with Crippen LogP contribution in [0.3, 0.4) is 0 Å². The molecular weight excluding hydrogens is 326 g/mol. The number of aryl methyl sites for hydroxylation is 1. The summed E-state index contributed by atoms with van der Waals surface area (Å²) in [5.74, 6) is -0.251. The fraction of sp³-hybridized carbons (Fsp3) is 0.571. The molecule has 1 heterocycles. The Bertz CT molecular complexity index is 648. The van der Waals surface area contributed by atoms with E-state index in [1.54, 1.807) is 6.33 Å². The van der Waals surface area contributed by atoms with E-state index < -0.39 is 0 Å². The van der Waals surface area contributed by atoms with Gasteiger partial charge in [0, 0.05) is 12.3 Å². The molecule has 0 aliphatic heterocycles. The SMILES string of the molecule is CC(=O)OC(C(CCCCCc1ccccc1)n1cncn1)C(C)(C)C. The van der Waals surface area contributed by atoms with Crippen LogP contribution in [0, 0.1) is 5.41 Å². The molecule has 0 aliphatic rings. The maximum atomic E-state index is 11.6. The molecule has 1 aromatic heterocycles. The smallest absolute Gasteiger partial charge is 0.302 e. The third-order valence-electron chi connectivity index (χ3n) is 4.58. The number of unbranched alkanes of at least 4 members (excludes halogenated alkanes) is 2. The first-order valence-corrected chi connectivity index (χ1v) is 9.43. The summed E-state index contributed by atoms with van der Waals surface area (Å²) in [6.45, 7) is 7.76. The van der Waals surface area contributed by atoms with Crippen molar-refractivity contribution in [2.75, 3.05) is 0 Å². The third kappa shape index (κ3) is 6.28. The zero-order valence-electron chi connectivity index (χ0n) is 16.4. The van der Waals surface area contributed by atoms with Crippen LogP contribution in [0.4, 0.5) is 0 Å². The van der Waals surface area contributed by atoms with Crippen LogP contribution in [0.2, 0.25) is 0 Å². The minimum atomic E-state index is -0.251. The summed E-state index contributed by atoms with van der Waals surface area (Å²) in [6.07, 6.45) is 8.38. The molecule has 0 bridgehead atoms. The Balaban J connectivity index is 1.95. The second-order valence-corrected chi connectivity index (χ2v) is 7.92. The predicted octanol–water partition coefficient (Wildman–Crippen LogP) is 4.60. The number of carbonyl (C=O) groups is 1. The van der Waals surface area contributed by atoms with E-state index in [9.17, 15) is 4.79 Å². The zero-order chi connectivity index (χ0) is 19.0. The number of esters is 1. The van der Waals surface area contributed by atoms with Crippen LogP contribution in [0.15, 0.2) is 43.0 Å². The number of hydrogen-bond acceptors (Lipinski definition) is 4. The fourth-order valence-corrected chi connectivity index (χ4v) is 3.33. The lowest BCUT2D eigenvalue weighted by Crippen LogP contribution is -2.39. The van der Waals surface area contributed by atoms with Crippen LogP contribution in [0.5, 0.6) is 0 Å². The van der Waals surface area contributed by atoms with Crippen molar-refractivity contribution in [3.05, 3.63) is 48.5 Å². The summed E-state index contributed by atoms with van der Waals surface area (Å²) in [5, 5.41) is 4.32. The molecule has 0 radical (unpaired) electrons. The van der Waals surface area contributed by atoms with Gasteiger partial charge in [-0.2, -0.15) is 5.10 Å². The van der Waals surface area contributed by atoms with Gasteiger partial charge in [-0.05, 0) is 24.8 Å². The van der Waals surface area contributed by atoms with Gasteiger partial charge in [0.15, 0.2) is 0 Å². The molecule has 0 saturated heterocycles. The number of ether oxygens (including phenoxy) is 1. The van der Waals surface area contributed by atoms with Gasteiger partial charge in [-0.15, -0.1) is 0 Å². The zero-order valence-corrected chi connectivity index (χ0v) is 16.4. The number of aromatic nitrogens is 3. The van der Waals surface area contributed by atoms with Crippen LogP contribution in [0.1, 0.15) is 65.0 Å². The van der Waals surface area contributed by atoms with E-state index in [0.29, 0.717) is 0 Å². The summed E-state index contributed by atoms with van der Waals surface area (Å²) >= 11 is 0. The number of hydrogen-bond donors (Lipinski definition) is 0. The van der Waals surface area contributed by atoms with Gasteiger partial charge in [-0.1, -0.05) is 63.9 Å². The Hall–Kier alpha value is -2.17. The maximum absolute atomic E-state index is 11.6. The van der Waals surface area contributed by atoms with Crippen LogP contribution in [-0.2, 0) is 16.0 Å². The van der Waals surface area contributed by atoms with Crippen molar-refractivity contribution in [1.82, 2.24) is 14.8 Å². The molecule has 0 amide bonds. The second kappa shape index (κ2) is 9.51. The highest BCUT2D eigenvalue weighted by Gasteiger charge is 2.36. The highest BCUT2D eigenvalue weighted by atomic mass is 16.5. The van der Waals surface area contributed by atoms with E-state index in [4.69, 9.17) is 4.74 Å². The van der Waals surface area contributed by atoms with Crippen molar-refractivity contribution in [3.63, 3.8) is 0 Å². The number of benzene rings is 1. The summed E-state index contributed by atoms with van der Waals surface area (Å²) in [4.78, 5) is 15.7.